The second kappa shape index (κ2) is 10.1. The molecule has 3 rings (SSSR count). The Morgan fingerprint density at radius 3 is 2.57 bits per heavy atom. The zero-order chi connectivity index (χ0) is 21.5. The number of nitrogens with two attached hydrogens (primary N) is 1. The van der Waals surface area contributed by atoms with Crippen molar-refractivity contribution in [2.75, 3.05) is 33.8 Å². The average molecular weight is 413 g/mol. The summed E-state index contributed by atoms with van der Waals surface area (Å²) in [4.78, 5) is 18.5. The minimum Gasteiger partial charge on any atom is -0.497 e. The number of nitrogens with zero attached hydrogens (tertiary/aromatic N) is 2. The minimum atomic E-state index is -0.410. The quantitative estimate of drug-likeness (QED) is 0.541. The van der Waals surface area contributed by atoms with Crippen LogP contribution in [0.4, 0.5) is 4.39 Å². The number of halogens is 1. The standard InChI is InChI=1S/C23H29FN4O2/c1-26-23(27-14-19(22(25)29)13-16-3-7-20(24)8-4-16)28-12-11-18(15-28)17-5-9-21(30-2)10-6-17/h3-10,18-19H,11-15H2,1-2H3,(H2,25,29)(H,26,27). The van der Waals surface area contributed by atoms with Crippen LogP contribution >= 0.6 is 0 Å². The van der Waals surface area contributed by atoms with Gasteiger partial charge in [-0.15, -0.1) is 0 Å². The monoisotopic (exact) mass is 412 g/mol. The molecule has 1 saturated heterocycles. The highest BCUT2D eigenvalue weighted by Crippen LogP contribution is 2.28. The first-order valence-corrected chi connectivity index (χ1v) is 10.1. The highest BCUT2D eigenvalue weighted by atomic mass is 19.1. The van der Waals surface area contributed by atoms with Crippen molar-refractivity contribution in [2.24, 2.45) is 16.6 Å². The number of carbonyl (C=O) groups is 1. The number of ether oxygens (including phenoxy) is 1. The number of amides is 1. The number of likely N-dealkylation sites (tertiary alicyclic amines) is 1. The Kier molecular flexibility index (Phi) is 7.27. The summed E-state index contributed by atoms with van der Waals surface area (Å²) in [6.07, 6.45) is 1.48. The number of primary amides is 1. The van der Waals surface area contributed by atoms with Gasteiger partial charge >= 0.3 is 0 Å². The lowest BCUT2D eigenvalue weighted by Gasteiger charge is -2.24. The number of methoxy groups -OCH3 is 1. The first-order valence-electron chi connectivity index (χ1n) is 10.1. The molecule has 6 nitrogen and oxygen atoms in total. The normalized spacial score (nSPS) is 17.6. The van der Waals surface area contributed by atoms with Gasteiger partial charge in [0.1, 0.15) is 11.6 Å². The molecule has 0 saturated carbocycles. The second-order valence-electron chi connectivity index (χ2n) is 7.56. The molecule has 0 radical (unpaired) electrons. The summed E-state index contributed by atoms with van der Waals surface area (Å²) in [7, 11) is 3.40. The Morgan fingerprint density at radius 2 is 1.97 bits per heavy atom. The van der Waals surface area contributed by atoms with Gasteiger partial charge in [0.2, 0.25) is 5.91 Å². The number of aliphatic imine (C=N–C) groups is 1. The fraction of sp³-hybridized carbons (Fsp3) is 0.391. The zero-order valence-corrected chi connectivity index (χ0v) is 17.5. The molecule has 3 N–H and O–H groups in total. The Balaban J connectivity index is 1.57. The van der Waals surface area contributed by atoms with E-state index in [1.807, 2.05) is 12.1 Å². The van der Waals surface area contributed by atoms with E-state index in [1.54, 1.807) is 26.3 Å². The van der Waals surface area contributed by atoms with E-state index in [-0.39, 0.29) is 11.7 Å². The number of rotatable bonds is 7. The first-order chi connectivity index (χ1) is 14.5. The van der Waals surface area contributed by atoms with Crippen LogP contribution in [0.3, 0.4) is 0 Å². The Labute approximate surface area is 176 Å². The molecule has 30 heavy (non-hydrogen) atoms. The third-order valence-electron chi connectivity index (χ3n) is 5.59. The van der Waals surface area contributed by atoms with Crippen LogP contribution in [-0.2, 0) is 11.2 Å². The van der Waals surface area contributed by atoms with Crippen molar-refractivity contribution >= 4 is 11.9 Å². The van der Waals surface area contributed by atoms with Crippen LogP contribution in [0.15, 0.2) is 53.5 Å². The van der Waals surface area contributed by atoms with Gasteiger partial charge in [-0.3, -0.25) is 9.79 Å². The van der Waals surface area contributed by atoms with Crippen LogP contribution in [0.1, 0.15) is 23.5 Å². The third-order valence-corrected chi connectivity index (χ3v) is 5.59. The van der Waals surface area contributed by atoms with Crippen LogP contribution in [0.5, 0.6) is 5.75 Å². The third kappa shape index (κ3) is 5.49. The Bertz CT molecular complexity index is 868. The van der Waals surface area contributed by atoms with Gasteiger partial charge < -0.3 is 20.7 Å². The van der Waals surface area contributed by atoms with Gasteiger partial charge in [-0.1, -0.05) is 24.3 Å². The van der Waals surface area contributed by atoms with Gasteiger partial charge in [-0.2, -0.15) is 0 Å². The van der Waals surface area contributed by atoms with Crippen molar-refractivity contribution in [3.8, 4) is 5.75 Å². The maximum atomic E-state index is 13.1. The first kappa shape index (κ1) is 21.6. The van der Waals surface area contributed by atoms with E-state index >= 15 is 0 Å². The van der Waals surface area contributed by atoms with Gasteiger partial charge in [-0.25, -0.2) is 4.39 Å². The van der Waals surface area contributed by atoms with Gasteiger partial charge in [-0.05, 0) is 48.2 Å². The van der Waals surface area contributed by atoms with Crippen LogP contribution in [-0.4, -0.2) is 50.6 Å². The molecule has 7 heteroatoms. The zero-order valence-electron chi connectivity index (χ0n) is 17.5. The summed E-state index contributed by atoms with van der Waals surface area (Å²) in [6, 6.07) is 14.3. The lowest BCUT2D eigenvalue weighted by Crippen LogP contribution is -2.44. The topological polar surface area (TPSA) is 79.9 Å². The Hall–Kier alpha value is -3.09. The number of carbonyl (C=O) groups excluding carboxylic acids is 1. The number of hydrogen-bond acceptors (Lipinski definition) is 3. The van der Waals surface area contributed by atoms with E-state index < -0.39 is 5.92 Å². The van der Waals surface area contributed by atoms with Gasteiger partial charge in [0.25, 0.3) is 0 Å². The van der Waals surface area contributed by atoms with E-state index in [4.69, 9.17) is 10.5 Å². The molecular formula is C23H29FN4O2. The lowest BCUT2D eigenvalue weighted by atomic mass is 9.98. The van der Waals surface area contributed by atoms with Crippen LogP contribution in [0.25, 0.3) is 0 Å². The molecule has 160 valence electrons. The highest BCUT2D eigenvalue weighted by molar-refractivity contribution is 5.82. The SMILES string of the molecule is CN=C(NCC(Cc1ccc(F)cc1)C(N)=O)N1CCC(c2ccc(OC)cc2)C1. The molecule has 0 bridgehead atoms. The smallest absolute Gasteiger partial charge is 0.222 e. The maximum Gasteiger partial charge on any atom is 0.222 e. The summed E-state index contributed by atoms with van der Waals surface area (Å²) >= 11 is 0. The molecular weight excluding hydrogens is 383 g/mol. The molecule has 1 aliphatic heterocycles. The van der Waals surface area contributed by atoms with Crippen LogP contribution in [0.2, 0.25) is 0 Å². The summed E-state index contributed by atoms with van der Waals surface area (Å²) < 4.78 is 18.4. The molecule has 1 heterocycles. The van der Waals surface area contributed by atoms with Crippen molar-refractivity contribution in [1.82, 2.24) is 10.2 Å². The van der Waals surface area contributed by atoms with Crippen molar-refractivity contribution < 1.29 is 13.9 Å². The number of benzene rings is 2. The molecule has 2 unspecified atom stereocenters. The van der Waals surface area contributed by atoms with Crippen molar-refractivity contribution in [3.63, 3.8) is 0 Å². The summed E-state index contributed by atoms with van der Waals surface area (Å²) in [6.45, 7) is 2.11. The number of guanidine groups is 1. The van der Waals surface area contributed by atoms with E-state index in [2.05, 4.69) is 27.3 Å². The van der Waals surface area contributed by atoms with Crippen LogP contribution < -0.4 is 15.8 Å². The van der Waals surface area contributed by atoms with Crippen molar-refractivity contribution in [1.29, 1.82) is 0 Å². The molecule has 2 atom stereocenters. The fourth-order valence-electron chi connectivity index (χ4n) is 3.83. The predicted octanol–water partition coefficient (Wildman–Crippen LogP) is 2.54. The van der Waals surface area contributed by atoms with Gasteiger partial charge in [0.05, 0.1) is 13.0 Å². The largest absolute Gasteiger partial charge is 0.497 e. The number of hydrogen-bond donors (Lipinski definition) is 2. The summed E-state index contributed by atoms with van der Waals surface area (Å²) in [5, 5.41) is 3.30. The van der Waals surface area contributed by atoms with E-state index in [0.717, 1.165) is 36.8 Å². The molecule has 0 aromatic heterocycles. The Morgan fingerprint density at radius 1 is 1.27 bits per heavy atom. The molecule has 0 spiro atoms. The lowest BCUT2D eigenvalue weighted by molar-refractivity contribution is -0.121. The van der Waals surface area contributed by atoms with Gasteiger partial charge in [0.15, 0.2) is 5.96 Å². The minimum absolute atomic E-state index is 0.298. The molecule has 1 aliphatic rings. The van der Waals surface area contributed by atoms with E-state index in [0.29, 0.717) is 18.9 Å². The molecule has 2 aromatic rings. The average Bonchev–Trinajstić information content (AvgIpc) is 3.24. The van der Waals surface area contributed by atoms with Crippen LogP contribution in [0, 0.1) is 11.7 Å². The molecule has 1 fully saturated rings. The summed E-state index contributed by atoms with van der Waals surface area (Å²) in [5.74, 6) is 0.932. The predicted molar refractivity (Wildman–Crippen MR) is 116 cm³/mol. The fourth-order valence-corrected chi connectivity index (χ4v) is 3.83. The van der Waals surface area contributed by atoms with E-state index in [1.165, 1.54) is 17.7 Å². The maximum absolute atomic E-state index is 13.1. The van der Waals surface area contributed by atoms with E-state index in [9.17, 15) is 9.18 Å². The molecule has 2 aromatic carbocycles. The van der Waals surface area contributed by atoms with Crippen molar-refractivity contribution in [2.45, 2.75) is 18.8 Å². The van der Waals surface area contributed by atoms with Gasteiger partial charge in [0, 0.05) is 32.6 Å². The number of nitrogens with one attached hydrogen (secondary N) is 1. The highest BCUT2D eigenvalue weighted by Gasteiger charge is 2.27. The summed E-state index contributed by atoms with van der Waals surface area (Å²) in [5.41, 5.74) is 7.75. The second-order valence-corrected chi connectivity index (χ2v) is 7.56. The molecule has 0 aliphatic carbocycles. The van der Waals surface area contributed by atoms with Crippen molar-refractivity contribution in [3.05, 3.63) is 65.5 Å². The molecule has 1 amide bonds.